The highest BCUT2D eigenvalue weighted by Crippen LogP contribution is 2.45. The number of hydrogen-bond acceptors (Lipinski definition) is 2. The molecule has 0 bridgehead atoms. The first-order valence-corrected chi connectivity index (χ1v) is 5.05. The largest absolute Gasteiger partial charge is 0.477 e. The number of carboxylic acids is 1. The van der Waals surface area contributed by atoms with Crippen molar-refractivity contribution in [1.82, 2.24) is 0 Å². The molecule has 2 N–H and O–H groups in total. The van der Waals surface area contributed by atoms with E-state index in [1.165, 1.54) is 6.92 Å². The lowest BCUT2D eigenvalue weighted by Gasteiger charge is -2.43. The summed E-state index contributed by atoms with van der Waals surface area (Å²) in [5.74, 6) is -6.75. The number of halogens is 2. The molecule has 1 fully saturated rings. The second-order valence-electron chi connectivity index (χ2n) is 4.58. The summed E-state index contributed by atoms with van der Waals surface area (Å²) in [5.41, 5.74) is -2.40. The van der Waals surface area contributed by atoms with Gasteiger partial charge in [-0.2, -0.15) is 8.78 Å². The molecule has 0 amide bonds. The molecule has 0 aromatic heterocycles. The van der Waals surface area contributed by atoms with E-state index in [0.717, 1.165) is 0 Å². The second kappa shape index (κ2) is 3.70. The summed E-state index contributed by atoms with van der Waals surface area (Å²) in [6, 6.07) is 0. The quantitative estimate of drug-likeness (QED) is 0.750. The Morgan fingerprint density at radius 2 is 2.00 bits per heavy atom. The van der Waals surface area contributed by atoms with E-state index in [1.54, 1.807) is 0 Å². The van der Waals surface area contributed by atoms with Crippen LogP contribution >= 0.6 is 0 Å². The van der Waals surface area contributed by atoms with E-state index in [-0.39, 0.29) is 12.3 Å². The third kappa shape index (κ3) is 1.85. The zero-order valence-electron chi connectivity index (χ0n) is 8.83. The van der Waals surface area contributed by atoms with Crippen molar-refractivity contribution >= 4 is 5.97 Å². The first-order valence-electron chi connectivity index (χ1n) is 5.05. The molecule has 3 nitrogen and oxygen atoms in total. The Kier molecular flexibility index (Phi) is 3.05. The highest BCUT2D eigenvalue weighted by molar-refractivity contribution is 5.77. The molecule has 1 rings (SSSR count). The van der Waals surface area contributed by atoms with Gasteiger partial charge in [-0.05, 0) is 31.1 Å². The molecule has 0 spiro atoms. The van der Waals surface area contributed by atoms with Crippen LogP contribution in [0.2, 0.25) is 0 Å². The highest BCUT2D eigenvalue weighted by Gasteiger charge is 2.62. The van der Waals surface area contributed by atoms with Crippen LogP contribution in [0, 0.1) is 11.8 Å². The lowest BCUT2D eigenvalue weighted by molar-refractivity contribution is -0.231. The maximum absolute atomic E-state index is 13.3. The third-order valence-electron chi connectivity index (χ3n) is 3.40. The lowest BCUT2D eigenvalue weighted by Crippen LogP contribution is -2.59. The fourth-order valence-corrected chi connectivity index (χ4v) is 2.28. The molecule has 5 heteroatoms. The maximum Gasteiger partial charge on any atom is 0.377 e. The zero-order chi connectivity index (χ0) is 11.9. The Labute approximate surface area is 87.1 Å². The van der Waals surface area contributed by atoms with E-state index in [2.05, 4.69) is 0 Å². The van der Waals surface area contributed by atoms with Crippen LogP contribution in [0.5, 0.6) is 0 Å². The van der Waals surface area contributed by atoms with Gasteiger partial charge in [0.2, 0.25) is 0 Å². The van der Waals surface area contributed by atoms with Crippen molar-refractivity contribution in [2.75, 3.05) is 0 Å². The minimum atomic E-state index is -4.06. The predicted octanol–water partition coefficient (Wildman–Crippen LogP) is 1.89. The number of carbonyl (C=O) groups is 1. The standard InChI is InChI=1S/C10H16F2O3/c1-6-3-4-9(15,7(2)5-6)10(11,12)8(13)14/h6-7,15H,3-5H2,1-2H3,(H,13,14). The molecular weight excluding hydrogens is 206 g/mol. The first-order chi connectivity index (χ1) is 6.72. The maximum atomic E-state index is 13.3. The van der Waals surface area contributed by atoms with Gasteiger partial charge in [0.25, 0.3) is 0 Å². The van der Waals surface area contributed by atoms with Gasteiger partial charge in [0, 0.05) is 0 Å². The van der Waals surface area contributed by atoms with Crippen molar-refractivity contribution in [2.24, 2.45) is 11.8 Å². The number of carboxylic acid groups (broad SMARTS) is 1. The molecule has 0 aliphatic heterocycles. The monoisotopic (exact) mass is 222 g/mol. The van der Waals surface area contributed by atoms with Crippen LogP contribution in [-0.4, -0.2) is 27.7 Å². The number of aliphatic hydroxyl groups is 1. The summed E-state index contributed by atoms with van der Waals surface area (Å²) in [6.07, 6.45) is 0.706. The molecule has 0 aromatic rings. The molecule has 0 heterocycles. The van der Waals surface area contributed by atoms with Gasteiger partial charge in [-0.1, -0.05) is 13.8 Å². The predicted molar refractivity (Wildman–Crippen MR) is 49.7 cm³/mol. The third-order valence-corrected chi connectivity index (χ3v) is 3.40. The van der Waals surface area contributed by atoms with Crippen molar-refractivity contribution in [3.63, 3.8) is 0 Å². The molecule has 0 saturated heterocycles. The minimum Gasteiger partial charge on any atom is -0.477 e. The molecular formula is C10H16F2O3. The average molecular weight is 222 g/mol. The number of hydrogen-bond donors (Lipinski definition) is 2. The van der Waals surface area contributed by atoms with E-state index in [1.807, 2.05) is 6.92 Å². The summed E-state index contributed by atoms with van der Waals surface area (Å²) in [5, 5.41) is 18.3. The fraction of sp³-hybridized carbons (Fsp3) is 0.900. The van der Waals surface area contributed by atoms with Gasteiger partial charge >= 0.3 is 11.9 Å². The summed E-state index contributed by atoms with van der Waals surface area (Å²) in [7, 11) is 0. The Morgan fingerprint density at radius 3 is 2.40 bits per heavy atom. The Bertz CT molecular complexity index is 267. The van der Waals surface area contributed by atoms with E-state index < -0.39 is 23.4 Å². The van der Waals surface area contributed by atoms with Gasteiger partial charge in [0.15, 0.2) is 0 Å². The van der Waals surface area contributed by atoms with Gasteiger partial charge in [-0.25, -0.2) is 4.79 Å². The SMILES string of the molecule is CC1CCC(O)(C(F)(F)C(=O)O)C(C)C1. The summed E-state index contributed by atoms with van der Waals surface area (Å²) in [6.45, 7) is 3.39. The van der Waals surface area contributed by atoms with E-state index in [0.29, 0.717) is 12.8 Å². The number of aliphatic carboxylic acids is 1. The van der Waals surface area contributed by atoms with E-state index >= 15 is 0 Å². The molecule has 88 valence electrons. The second-order valence-corrected chi connectivity index (χ2v) is 4.58. The van der Waals surface area contributed by atoms with Gasteiger partial charge in [-0.3, -0.25) is 0 Å². The zero-order valence-corrected chi connectivity index (χ0v) is 8.83. The Balaban J connectivity index is 2.96. The summed E-state index contributed by atoms with van der Waals surface area (Å²) < 4.78 is 26.7. The molecule has 3 atom stereocenters. The van der Waals surface area contributed by atoms with Crippen molar-refractivity contribution in [3.05, 3.63) is 0 Å². The Hall–Kier alpha value is -0.710. The lowest BCUT2D eigenvalue weighted by atomic mass is 9.69. The van der Waals surface area contributed by atoms with Crippen LogP contribution in [0.15, 0.2) is 0 Å². The van der Waals surface area contributed by atoms with Crippen LogP contribution in [-0.2, 0) is 4.79 Å². The van der Waals surface area contributed by atoms with Crippen molar-refractivity contribution in [3.8, 4) is 0 Å². The normalized spacial score (nSPS) is 37.7. The molecule has 0 radical (unpaired) electrons. The number of rotatable bonds is 2. The Morgan fingerprint density at radius 1 is 1.47 bits per heavy atom. The molecule has 0 aromatic carbocycles. The van der Waals surface area contributed by atoms with Crippen LogP contribution in [0.3, 0.4) is 0 Å². The summed E-state index contributed by atoms with van der Waals surface area (Å²) >= 11 is 0. The smallest absolute Gasteiger partial charge is 0.377 e. The highest BCUT2D eigenvalue weighted by atomic mass is 19.3. The fourth-order valence-electron chi connectivity index (χ4n) is 2.28. The van der Waals surface area contributed by atoms with Crippen LogP contribution in [0.25, 0.3) is 0 Å². The molecule has 1 saturated carbocycles. The van der Waals surface area contributed by atoms with Gasteiger partial charge in [-0.15, -0.1) is 0 Å². The van der Waals surface area contributed by atoms with Crippen molar-refractivity contribution in [1.29, 1.82) is 0 Å². The van der Waals surface area contributed by atoms with Gasteiger partial charge < -0.3 is 10.2 Å². The van der Waals surface area contributed by atoms with E-state index in [9.17, 15) is 18.7 Å². The molecule has 1 aliphatic carbocycles. The van der Waals surface area contributed by atoms with Gasteiger partial charge in [0.05, 0.1) is 0 Å². The topological polar surface area (TPSA) is 57.5 Å². The van der Waals surface area contributed by atoms with Crippen LogP contribution in [0.1, 0.15) is 33.1 Å². The molecule has 3 unspecified atom stereocenters. The van der Waals surface area contributed by atoms with Crippen molar-refractivity contribution in [2.45, 2.75) is 44.6 Å². The van der Waals surface area contributed by atoms with Crippen molar-refractivity contribution < 1.29 is 23.8 Å². The van der Waals surface area contributed by atoms with Crippen LogP contribution < -0.4 is 0 Å². The van der Waals surface area contributed by atoms with Crippen LogP contribution in [0.4, 0.5) is 8.78 Å². The van der Waals surface area contributed by atoms with Gasteiger partial charge in [0.1, 0.15) is 5.60 Å². The molecule has 15 heavy (non-hydrogen) atoms. The first kappa shape index (κ1) is 12.4. The number of alkyl halides is 2. The minimum absolute atomic E-state index is 0.158. The molecule has 1 aliphatic rings. The van der Waals surface area contributed by atoms with E-state index in [4.69, 9.17) is 5.11 Å². The average Bonchev–Trinajstić information content (AvgIpc) is 2.11. The summed E-state index contributed by atoms with van der Waals surface area (Å²) in [4.78, 5) is 10.4.